The van der Waals surface area contributed by atoms with Crippen molar-refractivity contribution >= 4 is 22.2 Å². The van der Waals surface area contributed by atoms with Crippen molar-refractivity contribution in [2.45, 2.75) is 6.17 Å². The summed E-state index contributed by atoms with van der Waals surface area (Å²) in [6, 6.07) is 0. The van der Waals surface area contributed by atoms with Crippen LogP contribution in [-0.4, -0.2) is 12.5 Å². The number of aldehydes is 1. The molecule has 0 saturated heterocycles. The number of rotatable bonds is 1. The molecule has 0 spiro atoms. The summed E-state index contributed by atoms with van der Waals surface area (Å²) in [7, 11) is 0. The van der Waals surface area contributed by atoms with E-state index >= 15 is 0 Å². The molecule has 0 N–H and O–H groups in total. The summed E-state index contributed by atoms with van der Waals surface area (Å²) >= 11 is 2.91. The molecule has 0 aromatic carbocycles. The fraction of sp³-hybridized carbons (Fsp3) is 0.286. The molecule has 60 valence electrons. The van der Waals surface area contributed by atoms with Gasteiger partial charge in [0, 0.05) is 4.48 Å². The van der Waals surface area contributed by atoms with Gasteiger partial charge in [0.2, 0.25) is 0 Å². The van der Waals surface area contributed by atoms with Crippen LogP contribution in [0.2, 0.25) is 0 Å². The molecule has 0 radical (unpaired) electrons. The van der Waals surface area contributed by atoms with E-state index in [1.807, 2.05) is 0 Å². The zero-order valence-electron chi connectivity index (χ0n) is 5.43. The summed E-state index contributed by atoms with van der Waals surface area (Å²) in [5.74, 6) is -1.99. The van der Waals surface area contributed by atoms with Gasteiger partial charge in [-0.25, -0.2) is 8.78 Å². The Kier molecular flexibility index (Phi) is 2.54. The normalized spacial score (nSPS) is 30.8. The number of halogens is 3. The Morgan fingerprint density at radius 3 is 2.73 bits per heavy atom. The minimum atomic E-state index is -1.55. The molecule has 0 bridgehead atoms. The van der Waals surface area contributed by atoms with Crippen LogP contribution < -0.4 is 0 Å². The zero-order chi connectivity index (χ0) is 8.43. The molecule has 2 atom stereocenters. The lowest BCUT2D eigenvalue weighted by atomic mass is 9.99. The zero-order valence-corrected chi connectivity index (χ0v) is 7.01. The van der Waals surface area contributed by atoms with Crippen LogP contribution >= 0.6 is 15.9 Å². The van der Waals surface area contributed by atoms with Gasteiger partial charge in [0.15, 0.2) is 0 Å². The molecule has 0 heterocycles. The Morgan fingerprint density at radius 1 is 1.64 bits per heavy atom. The largest absolute Gasteiger partial charge is 0.302 e. The first-order chi connectivity index (χ1) is 5.15. The van der Waals surface area contributed by atoms with Gasteiger partial charge in [0.25, 0.3) is 0 Å². The summed E-state index contributed by atoms with van der Waals surface area (Å²) in [4.78, 5) is 10.1. The lowest BCUT2D eigenvalue weighted by Gasteiger charge is -2.14. The first kappa shape index (κ1) is 8.59. The van der Waals surface area contributed by atoms with Crippen LogP contribution in [-0.2, 0) is 4.79 Å². The number of carbonyl (C=O) groups excluding carboxylic acids is 1. The molecule has 0 aromatic heterocycles. The monoisotopic (exact) mass is 222 g/mol. The van der Waals surface area contributed by atoms with Crippen LogP contribution in [0.25, 0.3) is 0 Å². The van der Waals surface area contributed by atoms with E-state index in [9.17, 15) is 13.6 Å². The third-order valence-electron chi connectivity index (χ3n) is 1.40. The molecule has 0 aromatic rings. The van der Waals surface area contributed by atoms with E-state index in [1.54, 1.807) is 0 Å². The first-order valence-corrected chi connectivity index (χ1v) is 3.78. The smallest absolute Gasteiger partial charge is 0.135 e. The Bertz CT molecular complexity index is 235. The summed E-state index contributed by atoms with van der Waals surface area (Å²) in [6.45, 7) is 0. The second-order valence-electron chi connectivity index (χ2n) is 2.19. The Balaban J connectivity index is 2.90. The van der Waals surface area contributed by atoms with Crippen LogP contribution in [0.15, 0.2) is 22.5 Å². The number of hydrogen-bond donors (Lipinski definition) is 0. The van der Waals surface area contributed by atoms with E-state index in [0.29, 0.717) is 4.48 Å². The van der Waals surface area contributed by atoms with E-state index in [2.05, 4.69) is 15.9 Å². The highest BCUT2D eigenvalue weighted by atomic mass is 79.9. The van der Waals surface area contributed by atoms with Crippen molar-refractivity contribution in [3.8, 4) is 0 Å². The lowest BCUT2D eigenvalue weighted by molar-refractivity contribution is -0.111. The highest BCUT2D eigenvalue weighted by Crippen LogP contribution is 2.28. The SMILES string of the molecule is O=CC1C(F)=CC(Br)=CC1F. The molecular weight excluding hydrogens is 218 g/mol. The van der Waals surface area contributed by atoms with Gasteiger partial charge in [-0.3, -0.25) is 0 Å². The minimum absolute atomic E-state index is 0.270. The van der Waals surface area contributed by atoms with Crippen LogP contribution in [0.5, 0.6) is 0 Å². The Morgan fingerprint density at radius 2 is 2.27 bits per heavy atom. The van der Waals surface area contributed by atoms with E-state index in [-0.39, 0.29) is 6.29 Å². The average Bonchev–Trinajstić information content (AvgIpc) is 1.85. The van der Waals surface area contributed by atoms with Crippen molar-refractivity contribution in [3.05, 3.63) is 22.5 Å². The predicted molar refractivity (Wildman–Crippen MR) is 40.7 cm³/mol. The van der Waals surface area contributed by atoms with Crippen LogP contribution in [0.4, 0.5) is 8.78 Å². The summed E-state index contributed by atoms with van der Waals surface area (Å²) in [6.07, 6.45) is 0.968. The van der Waals surface area contributed by atoms with Gasteiger partial charge < -0.3 is 4.79 Å². The molecule has 1 rings (SSSR count). The lowest BCUT2D eigenvalue weighted by Crippen LogP contribution is -2.18. The third kappa shape index (κ3) is 1.74. The molecule has 1 aliphatic rings. The van der Waals surface area contributed by atoms with Gasteiger partial charge in [0.05, 0.1) is 0 Å². The second-order valence-corrected chi connectivity index (χ2v) is 3.10. The van der Waals surface area contributed by atoms with E-state index in [0.717, 1.165) is 12.2 Å². The summed E-state index contributed by atoms with van der Waals surface area (Å²) in [5, 5.41) is 0. The van der Waals surface area contributed by atoms with Crippen molar-refractivity contribution in [1.29, 1.82) is 0 Å². The molecule has 0 aliphatic heterocycles. The molecule has 11 heavy (non-hydrogen) atoms. The molecular formula is C7H5BrF2O. The maximum Gasteiger partial charge on any atom is 0.135 e. The van der Waals surface area contributed by atoms with Crippen molar-refractivity contribution in [2.24, 2.45) is 5.92 Å². The van der Waals surface area contributed by atoms with Crippen molar-refractivity contribution < 1.29 is 13.6 Å². The average molecular weight is 223 g/mol. The second kappa shape index (κ2) is 3.26. The topological polar surface area (TPSA) is 17.1 Å². The fourth-order valence-corrected chi connectivity index (χ4v) is 1.30. The first-order valence-electron chi connectivity index (χ1n) is 2.99. The van der Waals surface area contributed by atoms with Crippen LogP contribution in [0.1, 0.15) is 0 Å². The Labute approximate surface area is 70.9 Å². The van der Waals surface area contributed by atoms with Gasteiger partial charge in [-0.2, -0.15) is 0 Å². The van der Waals surface area contributed by atoms with E-state index in [1.165, 1.54) is 0 Å². The quantitative estimate of drug-likeness (QED) is 0.623. The minimum Gasteiger partial charge on any atom is -0.302 e. The summed E-state index contributed by atoms with van der Waals surface area (Å²) < 4.78 is 25.7. The van der Waals surface area contributed by atoms with Gasteiger partial charge in [-0.1, -0.05) is 15.9 Å². The molecule has 0 saturated carbocycles. The number of carbonyl (C=O) groups is 1. The van der Waals surface area contributed by atoms with Gasteiger partial charge in [-0.15, -0.1) is 0 Å². The molecule has 2 unspecified atom stereocenters. The maximum absolute atomic E-state index is 12.7. The predicted octanol–water partition coefficient (Wildman–Crippen LogP) is 2.29. The van der Waals surface area contributed by atoms with Crippen LogP contribution in [0.3, 0.4) is 0 Å². The van der Waals surface area contributed by atoms with Crippen molar-refractivity contribution in [2.75, 3.05) is 0 Å². The van der Waals surface area contributed by atoms with E-state index in [4.69, 9.17) is 0 Å². The van der Waals surface area contributed by atoms with Crippen molar-refractivity contribution in [1.82, 2.24) is 0 Å². The highest BCUT2D eigenvalue weighted by molar-refractivity contribution is 9.11. The third-order valence-corrected chi connectivity index (χ3v) is 1.90. The highest BCUT2D eigenvalue weighted by Gasteiger charge is 2.26. The van der Waals surface area contributed by atoms with Crippen molar-refractivity contribution in [3.63, 3.8) is 0 Å². The number of alkyl halides is 1. The van der Waals surface area contributed by atoms with Gasteiger partial charge >= 0.3 is 0 Å². The van der Waals surface area contributed by atoms with Gasteiger partial charge in [0.1, 0.15) is 24.2 Å². The van der Waals surface area contributed by atoms with Crippen LogP contribution in [0, 0.1) is 5.92 Å². The number of allylic oxidation sites excluding steroid dienone is 4. The molecule has 1 nitrogen and oxygen atoms in total. The van der Waals surface area contributed by atoms with Gasteiger partial charge in [-0.05, 0) is 12.2 Å². The maximum atomic E-state index is 12.7. The fourth-order valence-electron chi connectivity index (χ4n) is 0.824. The van der Waals surface area contributed by atoms with E-state index < -0.39 is 17.9 Å². The summed E-state index contributed by atoms with van der Waals surface area (Å²) in [5.41, 5.74) is 0. The molecule has 0 amide bonds. The molecule has 1 aliphatic carbocycles. The standard InChI is InChI=1S/C7H5BrF2O/c8-4-1-6(9)5(3-11)7(10)2-4/h1-3,5-6H. The molecule has 4 heteroatoms. The Hall–Kier alpha value is -0.510. The number of hydrogen-bond acceptors (Lipinski definition) is 1. The molecule has 0 fully saturated rings.